The van der Waals surface area contributed by atoms with Crippen molar-refractivity contribution in [2.24, 2.45) is 10.3 Å². The van der Waals surface area contributed by atoms with Crippen molar-refractivity contribution < 1.29 is 21.6 Å². The van der Waals surface area contributed by atoms with Gasteiger partial charge in [0.1, 0.15) is 10.7 Å². The van der Waals surface area contributed by atoms with Gasteiger partial charge in [-0.25, -0.2) is 0 Å². The molecule has 0 unspecified atom stereocenters. The molecule has 0 saturated carbocycles. The van der Waals surface area contributed by atoms with Gasteiger partial charge in [-0.05, 0) is 31.5 Å². The molecule has 0 amide bonds. The quantitative estimate of drug-likeness (QED) is 0.893. The van der Waals surface area contributed by atoms with Gasteiger partial charge in [-0.2, -0.15) is 21.6 Å². The van der Waals surface area contributed by atoms with Crippen LogP contribution < -0.4 is 5.32 Å². The number of halogens is 3. The molecule has 1 atom stereocenters. The number of benzene rings is 1. The van der Waals surface area contributed by atoms with Crippen LogP contribution in [0.5, 0.6) is 0 Å². The van der Waals surface area contributed by atoms with Crippen LogP contribution in [-0.2, 0) is 10.0 Å². The van der Waals surface area contributed by atoms with E-state index in [0.29, 0.717) is 18.7 Å². The Kier molecular flexibility index (Phi) is 4.09. The maximum atomic E-state index is 12.8. The van der Waals surface area contributed by atoms with Crippen molar-refractivity contribution in [2.75, 3.05) is 25.0 Å². The summed E-state index contributed by atoms with van der Waals surface area (Å²) < 4.78 is 66.5. The number of hydrogen-bond donors (Lipinski definition) is 1. The first-order valence-corrected chi connectivity index (χ1v) is 8.69. The molecule has 3 rings (SSSR count). The molecule has 0 aromatic heterocycles. The summed E-state index contributed by atoms with van der Waals surface area (Å²) in [5, 5.41) is 2.90. The first-order chi connectivity index (χ1) is 10.8. The molecule has 5 nitrogen and oxygen atoms in total. The van der Waals surface area contributed by atoms with Crippen molar-refractivity contribution in [1.82, 2.24) is 4.90 Å². The van der Waals surface area contributed by atoms with Gasteiger partial charge in [0.2, 0.25) is 0 Å². The van der Waals surface area contributed by atoms with Crippen LogP contribution in [0.25, 0.3) is 0 Å². The summed E-state index contributed by atoms with van der Waals surface area (Å²) in [6.45, 7) is 0.418. The molecule has 1 saturated heterocycles. The molecule has 9 heteroatoms. The van der Waals surface area contributed by atoms with Crippen molar-refractivity contribution in [1.29, 1.82) is 0 Å². The number of likely N-dealkylation sites (tertiary alicyclic amines) is 1. The number of alkyl halides is 3. The maximum Gasteiger partial charge on any atom is 0.393 e. The van der Waals surface area contributed by atoms with Gasteiger partial charge in [-0.1, -0.05) is 12.1 Å². The number of nitrogens with one attached hydrogen (secondary N) is 1. The van der Waals surface area contributed by atoms with Crippen LogP contribution in [-0.4, -0.2) is 45.0 Å². The second-order valence-electron chi connectivity index (χ2n) is 5.75. The number of para-hydroxylation sites is 1. The Morgan fingerprint density at radius 2 is 2.04 bits per heavy atom. The summed E-state index contributed by atoms with van der Waals surface area (Å²) in [7, 11) is -3.81. The number of amidine groups is 1. The molecule has 2 aliphatic rings. The third-order valence-corrected chi connectivity index (χ3v) is 5.39. The minimum absolute atomic E-state index is 0.0557. The lowest BCUT2D eigenvalue weighted by Gasteiger charge is -2.34. The first kappa shape index (κ1) is 16.3. The Morgan fingerprint density at radius 1 is 1.30 bits per heavy atom. The van der Waals surface area contributed by atoms with Crippen molar-refractivity contribution >= 4 is 21.5 Å². The molecule has 0 radical (unpaired) electrons. The highest BCUT2D eigenvalue weighted by molar-refractivity contribution is 7.90. The van der Waals surface area contributed by atoms with Crippen molar-refractivity contribution in [2.45, 2.75) is 23.9 Å². The molecular formula is C14H16F3N3O2S. The van der Waals surface area contributed by atoms with E-state index in [1.165, 1.54) is 6.07 Å². The van der Waals surface area contributed by atoms with Crippen LogP contribution >= 0.6 is 0 Å². The van der Waals surface area contributed by atoms with Crippen LogP contribution in [0.4, 0.5) is 18.9 Å². The van der Waals surface area contributed by atoms with Crippen molar-refractivity contribution in [3.8, 4) is 0 Å². The summed E-state index contributed by atoms with van der Waals surface area (Å²) >= 11 is 0. The SMILES string of the molecule is O=S1(=O)N=C(CN2CCC[C@@H](C(F)(F)F)C2)Nc2ccccc21. The van der Waals surface area contributed by atoms with E-state index < -0.39 is 22.1 Å². The Balaban J connectivity index is 1.76. The smallest absolute Gasteiger partial charge is 0.341 e. The number of anilines is 1. The van der Waals surface area contributed by atoms with Gasteiger partial charge in [0, 0.05) is 6.54 Å². The van der Waals surface area contributed by atoms with E-state index in [4.69, 9.17) is 0 Å². The van der Waals surface area contributed by atoms with E-state index in [9.17, 15) is 21.6 Å². The fraction of sp³-hybridized carbons (Fsp3) is 0.500. The number of piperidine rings is 1. The molecular weight excluding hydrogens is 331 g/mol. The highest BCUT2D eigenvalue weighted by Crippen LogP contribution is 2.33. The molecule has 2 heterocycles. The van der Waals surface area contributed by atoms with Crippen LogP contribution in [0, 0.1) is 5.92 Å². The highest BCUT2D eigenvalue weighted by Gasteiger charge is 2.42. The average Bonchev–Trinajstić information content (AvgIpc) is 2.46. The fourth-order valence-corrected chi connectivity index (χ4v) is 4.05. The van der Waals surface area contributed by atoms with E-state index in [1.54, 1.807) is 23.1 Å². The molecule has 1 aromatic rings. The Bertz CT molecular complexity index is 731. The Hall–Kier alpha value is -1.61. The first-order valence-electron chi connectivity index (χ1n) is 7.25. The molecule has 0 bridgehead atoms. The molecule has 126 valence electrons. The van der Waals surface area contributed by atoms with Gasteiger partial charge in [0.25, 0.3) is 10.0 Å². The highest BCUT2D eigenvalue weighted by atomic mass is 32.2. The zero-order chi connectivity index (χ0) is 16.7. The molecule has 1 aromatic carbocycles. The van der Waals surface area contributed by atoms with Gasteiger partial charge in [0.15, 0.2) is 0 Å². The summed E-state index contributed by atoms with van der Waals surface area (Å²) in [5.74, 6) is -1.21. The molecule has 2 aliphatic heterocycles. The van der Waals surface area contributed by atoms with E-state index in [0.717, 1.165) is 0 Å². The van der Waals surface area contributed by atoms with Gasteiger partial charge in [-0.15, -0.1) is 4.40 Å². The normalized spacial score (nSPS) is 24.5. The number of fused-ring (bicyclic) bond motifs is 1. The minimum atomic E-state index is -4.22. The predicted molar refractivity (Wildman–Crippen MR) is 79.9 cm³/mol. The summed E-state index contributed by atoms with van der Waals surface area (Å²) in [4.78, 5) is 1.67. The monoisotopic (exact) mass is 347 g/mol. The second kappa shape index (κ2) is 5.79. The predicted octanol–water partition coefficient (Wildman–Crippen LogP) is 2.47. The van der Waals surface area contributed by atoms with E-state index >= 15 is 0 Å². The van der Waals surface area contributed by atoms with Crippen LogP contribution in [0.3, 0.4) is 0 Å². The lowest BCUT2D eigenvalue weighted by atomic mass is 9.97. The largest absolute Gasteiger partial charge is 0.393 e. The third-order valence-electron chi connectivity index (χ3n) is 4.02. The molecule has 0 spiro atoms. The zero-order valence-electron chi connectivity index (χ0n) is 12.2. The van der Waals surface area contributed by atoms with Crippen LogP contribution in [0.15, 0.2) is 33.6 Å². The molecule has 23 heavy (non-hydrogen) atoms. The summed E-state index contributed by atoms with van der Waals surface area (Å²) in [6, 6.07) is 6.33. The molecule has 0 aliphatic carbocycles. The van der Waals surface area contributed by atoms with Gasteiger partial charge >= 0.3 is 6.18 Å². The molecule has 1 fully saturated rings. The topological polar surface area (TPSA) is 61.8 Å². The number of hydrogen-bond acceptors (Lipinski definition) is 4. The van der Waals surface area contributed by atoms with Gasteiger partial charge in [0.05, 0.1) is 18.2 Å². The summed E-state index contributed by atoms with van der Waals surface area (Å²) in [6.07, 6.45) is -3.68. The lowest BCUT2D eigenvalue weighted by Crippen LogP contribution is -2.45. The Labute approximate surface area is 132 Å². The number of rotatable bonds is 2. The molecule has 1 N–H and O–H groups in total. The number of nitrogens with zero attached hydrogens (tertiary/aromatic N) is 2. The second-order valence-corrected chi connectivity index (χ2v) is 7.32. The van der Waals surface area contributed by atoms with E-state index in [2.05, 4.69) is 9.71 Å². The van der Waals surface area contributed by atoms with E-state index in [1.807, 2.05) is 0 Å². The maximum absolute atomic E-state index is 12.8. The van der Waals surface area contributed by atoms with Crippen molar-refractivity contribution in [3.63, 3.8) is 0 Å². The Morgan fingerprint density at radius 3 is 2.78 bits per heavy atom. The van der Waals surface area contributed by atoms with Gasteiger partial charge in [-0.3, -0.25) is 4.90 Å². The number of sulfonamides is 1. The zero-order valence-corrected chi connectivity index (χ0v) is 13.0. The fourth-order valence-electron chi connectivity index (χ4n) is 2.91. The standard InChI is InChI=1S/C14H16F3N3O2S/c15-14(16,17)10-4-3-7-20(8-10)9-13-18-11-5-1-2-6-12(11)23(21,22)19-13/h1-2,5-6,10H,3-4,7-9H2,(H,18,19)/t10-/m1/s1. The minimum Gasteiger partial charge on any atom is -0.341 e. The average molecular weight is 347 g/mol. The van der Waals surface area contributed by atoms with E-state index in [-0.39, 0.29) is 30.2 Å². The van der Waals surface area contributed by atoms with Crippen LogP contribution in [0.1, 0.15) is 12.8 Å². The van der Waals surface area contributed by atoms with Gasteiger partial charge < -0.3 is 5.32 Å². The lowest BCUT2D eigenvalue weighted by molar-refractivity contribution is -0.186. The third kappa shape index (κ3) is 3.50. The summed E-state index contributed by atoms with van der Waals surface area (Å²) in [5.41, 5.74) is 0.405. The van der Waals surface area contributed by atoms with Crippen LogP contribution in [0.2, 0.25) is 0 Å². The van der Waals surface area contributed by atoms with Crippen molar-refractivity contribution in [3.05, 3.63) is 24.3 Å².